The molecule has 0 N–H and O–H groups in total. The van der Waals surface area contributed by atoms with Crippen molar-refractivity contribution in [1.82, 2.24) is 0 Å². The number of carboxylic acids is 1. The van der Waals surface area contributed by atoms with E-state index >= 15 is 0 Å². The van der Waals surface area contributed by atoms with Gasteiger partial charge in [-0.3, -0.25) is 0 Å². The summed E-state index contributed by atoms with van der Waals surface area (Å²) in [4.78, 5) is 9.89. The summed E-state index contributed by atoms with van der Waals surface area (Å²) < 4.78 is 0.419. The number of carbonyl (C=O) groups is 1. The molecule has 56 valence electrons. The number of carboxylic acid groups (broad SMARTS) is 1. The fourth-order valence-corrected chi connectivity index (χ4v) is 0.387. The second-order valence-corrected chi connectivity index (χ2v) is 2.82. The standard InChI is InChI=1S/C5H11NO2.CH3.Mg/c1-6(2,3)4-5(7)8;;/h4H2,1-3H3;1H3;/q;-1;+2. The van der Waals surface area contributed by atoms with Gasteiger partial charge in [0, 0.05) is 0 Å². The second-order valence-electron chi connectivity index (χ2n) is 2.82. The summed E-state index contributed by atoms with van der Waals surface area (Å²) in [5.41, 5.74) is 0. The molecule has 0 saturated carbocycles. The van der Waals surface area contributed by atoms with Gasteiger partial charge in [-0.25, -0.2) is 0 Å². The number of nitrogens with zero attached hydrogens (tertiary/aromatic N) is 1. The molecule has 0 rings (SSSR count). The Bertz CT molecular complexity index is 98.4. The van der Waals surface area contributed by atoms with Crippen molar-refractivity contribution in [2.24, 2.45) is 0 Å². The number of hydrogen-bond donors (Lipinski definition) is 0. The van der Waals surface area contributed by atoms with Crippen LogP contribution in [-0.4, -0.2) is 61.2 Å². The van der Waals surface area contributed by atoms with Gasteiger partial charge < -0.3 is 21.8 Å². The van der Waals surface area contributed by atoms with E-state index in [2.05, 4.69) is 0 Å². The molecule has 0 aromatic rings. The van der Waals surface area contributed by atoms with Crippen molar-refractivity contribution >= 4 is 29.0 Å². The normalized spacial score (nSPS) is 9.10. The second kappa shape index (κ2) is 5.94. The molecule has 0 bridgehead atoms. The van der Waals surface area contributed by atoms with E-state index in [9.17, 15) is 9.90 Å². The van der Waals surface area contributed by atoms with Gasteiger partial charge in [0.05, 0.1) is 27.1 Å². The van der Waals surface area contributed by atoms with Gasteiger partial charge in [0.25, 0.3) is 0 Å². The molecule has 0 heterocycles. The molecule has 0 aliphatic heterocycles. The first-order valence-corrected chi connectivity index (χ1v) is 2.42. The van der Waals surface area contributed by atoms with Crippen molar-refractivity contribution in [3.05, 3.63) is 7.43 Å². The first-order chi connectivity index (χ1) is 3.42. The largest absolute Gasteiger partial charge is 2.00 e. The third-order valence-corrected chi connectivity index (χ3v) is 0.603. The molecular weight excluding hydrogens is 142 g/mol. The van der Waals surface area contributed by atoms with Crippen LogP contribution in [0.25, 0.3) is 0 Å². The summed E-state index contributed by atoms with van der Waals surface area (Å²) in [6, 6.07) is 0. The maximum atomic E-state index is 9.89. The van der Waals surface area contributed by atoms with Crippen LogP contribution in [0.1, 0.15) is 0 Å². The van der Waals surface area contributed by atoms with Crippen molar-refractivity contribution in [2.75, 3.05) is 27.7 Å². The van der Waals surface area contributed by atoms with E-state index in [1.807, 2.05) is 0 Å². The Labute approximate surface area is 78.8 Å². The van der Waals surface area contributed by atoms with Crippen LogP contribution in [0, 0.1) is 7.43 Å². The Morgan fingerprint density at radius 3 is 1.70 bits per heavy atom. The molecule has 0 saturated heterocycles. The van der Waals surface area contributed by atoms with E-state index in [0.29, 0.717) is 4.48 Å². The Balaban J connectivity index is -0.000000245. The van der Waals surface area contributed by atoms with Gasteiger partial charge in [0.15, 0.2) is 0 Å². The van der Waals surface area contributed by atoms with Crippen molar-refractivity contribution in [3.63, 3.8) is 0 Å². The van der Waals surface area contributed by atoms with Gasteiger partial charge in [0.2, 0.25) is 0 Å². The molecule has 10 heavy (non-hydrogen) atoms. The van der Waals surface area contributed by atoms with E-state index in [-0.39, 0.29) is 37.0 Å². The maximum Gasteiger partial charge on any atom is 2.00 e. The minimum absolute atomic E-state index is 0. The monoisotopic (exact) mass is 156 g/mol. The zero-order valence-corrected chi connectivity index (χ0v) is 8.59. The number of quaternary nitrogens is 1. The van der Waals surface area contributed by atoms with Crippen LogP contribution in [0.5, 0.6) is 0 Å². The van der Waals surface area contributed by atoms with Crippen molar-refractivity contribution in [1.29, 1.82) is 0 Å². The van der Waals surface area contributed by atoms with Crippen molar-refractivity contribution in [2.45, 2.75) is 0 Å². The van der Waals surface area contributed by atoms with Crippen molar-refractivity contribution in [3.8, 4) is 0 Å². The molecule has 0 aromatic heterocycles. The molecule has 0 spiro atoms. The molecule has 3 nitrogen and oxygen atoms in total. The van der Waals surface area contributed by atoms with Crippen LogP contribution in [0.4, 0.5) is 0 Å². The molecular formula is C6H14MgNO2+. The first-order valence-electron chi connectivity index (χ1n) is 2.42. The summed E-state index contributed by atoms with van der Waals surface area (Å²) in [6.45, 7) is 0.0694. The van der Waals surface area contributed by atoms with Gasteiger partial charge in [0.1, 0.15) is 6.54 Å². The zero-order valence-electron chi connectivity index (χ0n) is 7.18. The van der Waals surface area contributed by atoms with Crippen molar-refractivity contribution < 1.29 is 14.4 Å². The SMILES string of the molecule is C[N+](C)(C)CC(=O)[O-].[CH3-].[Mg+2]. The van der Waals surface area contributed by atoms with Crippen LogP contribution >= 0.6 is 0 Å². The number of aliphatic carboxylic acids is 1. The molecule has 0 unspecified atom stereocenters. The summed E-state index contributed by atoms with van der Waals surface area (Å²) >= 11 is 0. The van der Waals surface area contributed by atoms with E-state index in [1.54, 1.807) is 21.1 Å². The van der Waals surface area contributed by atoms with Gasteiger partial charge in [-0.2, -0.15) is 0 Å². The van der Waals surface area contributed by atoms with E-state index in [4.69, 9.17) is 0 Å². The Morgan fingerprint density at radius 2 is 1.70 bits per heavy atom. The Kier molecular flexibility index (Phi) is 9.89. The topological polar surface area (TPSA) is 40.1 Å². The number of hydrogen-bond acceptors (Lipinski definition) is 2. The third-order valence-electron chi connectivity index (χ3n) is 0.603. The summed E-state index contributed by atoms with van der Waals surface area (Å²) in [5, 5.41) is 9.89. The average molecular weight is 156 g/mol. The molecule has 0 atom stereocenters. The molecule has 0 fully saturated rings. The number of likely N-dealkylation sites (N-methyl/N-ethyl adjacent to an activating group) is 1. The van der Waals surface area contributed by atoms with Gasteiger partial charge in [-0.15, -0.1) is 0 Å². The smallest absolute Gasteiger partial charge is 0.544 e. The Hall–Kier alpha value is 0.196. The van der Waals surface area contributed by atoms with Crippen LogP contribution < -0.4 is 5.11 Å². The fourth-order valence-electron chi connectivity index (χ4n) is 0.387. The van der Waals surface area contributed by atoms with E-state index < -0.39 is 5.97 Å². The molecule has 0 aliphatic rings. The fraction of sp³-hybridized carbons (Fsp3) is 0.667. The molecule has 0 radical (unpaired) electrons. The minimum atomic E-state index is -1.00. The third kappa shape index (κ3) is 15.7. The van der Waals surface area contributed by atoms with Gasteiger partial charge in [-0.1, -0.05) is 0 Å². The van der Waals surface area contributed by atoms with Crippen LogP contribution in [-0.2, 0) is 4.79 Å². The van der Waals surface area contributed by atoms with Gasteiger partial charge in [-0.05, 0) is 0 Å². The number of carbonyl (C=O) groups excluding carboxylic acids is 1. The summed E-state index contributed by atoms with van der Waals surface area (Å²) in [7, 11) is 5.40. The van der Waals surface area contributed by atoms with Crippen LogP contribution in [0.15, 0.2) is 0 Å². The van der Waals surface area contributed by atoms with E-state index in [0.717, 1.165) is 0 Å². The average Bonchev–Trinajstić information content (AvgIpc) is 1.21. The molecule has 4 heteroatoms. The minimum Gasteiger partial charge on any atom is -0.544 e. The molecule has 0 aliphatic carbocycles. The number of rotatable bonds is 2. The van der Waals surface area contributed by atoms with Gasteiger partial charge >= 0.3 is 23.1 Å². The van der Waals surface area contributed by atoms with Crippen LogP contribution in [0.2, 0.25) is 0 Å². The molecule has 0 amide bonds. The quantitative estimate of drug-likeness (QED) is 0.278. The summed E-state index contributed by atoms with van der Waals surface area (Å²) in [5.74, 6) is -1.00. The first kappa shape index (κ1) is 16.7. The molecule has 0 aromatic carbocycles. The summed E-state index contributed by atoms with van der Waals surface area (Å²) in [6.07, 6.45) is 0. The Morgan fingerprint density at radius 1 is 1.40 bits per heavy atom. The van der Waals surface area contributed by atoms with Crippen LogP contribution in [0.3, 0.4) is 0 Å². The predicted molar refractivity (Wildman–Crippen MR) is 40.1 cm³/mol. The maximum absolute atomic E-state index is 9.89. The zero-order chi connectivity index (χ0) is 6.78. The van der Waals surface area contributed by atoms with E-state index in [1.165, 1.54) is 0 Å². The predicted octanol–water partition coefficient (Wildman–Crippen LogP) is -1.49.